The first-order chi connectivity index (χ1) is 13.1. The monoisotopic (exact) mass is 385 g/mol. The molecule has 2 aromatic heterocycles. The van der Waals surface area contributed by atoms with E-state index < -0.39 is 0 Å². The van der Waals surface area contributed by atoms with Crippen LogP contribution in [0, 0.1) is 0 Å². The molecule has 140 valence electrons. The number of unbranched alkanes of at least 4 members (excludes halogenated alkanes) is 1. The Hall–Kier alpha value is -3.00. The topological polar surface area (TPSA) is 90.3 Å². The first-order valence-corrected chi connectivity index (χ1v) is 9.46. The van der Waals surface area contributed by atoms with Crippen LogP contribution in [0.3, 0.4) is 0 Å². The predicted molar refractivity (Wildman–Crippen MR) is 104 cm³/mol. The van der Waals surface area contributed by atoms with Gasteiger partial charge in [0.05, 0.1) is 23.9 Å². The number of carbonyl (C=O) groups excluding carboxylic acids is 2. The lowest BCUT2D eigenvalue weighted by molar-refractivity contribution is -0.116. The Morgan fingerprint density at radius 2 is 2.00 bits per heavy atom. The zero-order chi connectivity index (χ0) is 19.2. The highest BCUT2D eigenvalue weighted by molar-refractivity contribution is 7.16. The molecule has 0 aliphatic rings. The van der Waals surface area contributed by atoms with E-state index in [1.807, 2.05) is 6.92 Å². The summed E-state index contributed by atoms with van der Waals surface area (Å²) in [6.07, 6.45) is 3.15. The van der Waals surface area contributed by atoms with Gasteiger partial charge in [-0.3, -0.25) is 14.2 Å². The van der Waals surface area contributed by atoms with Gasteiger partial charge in [-0.25, -0.2) is 9.78 Å². The second-order valence-electron chi connectivity index (χ2n) is 5.93. The van der Waals surface area contributed by atoms with Crippen molar-refractivity contribution in [2.24, 2.45) is 0 Å². The molecule has 8 heteroatoms. The van der Waals surface area contributed by atoms with Gasteiger partial charge in [-0.15, -0.1) is 11.3 Å². The van der Waals surface area contributed by atoms with Gasteiger partial charge < -0.3 is 10.1 Å². The van der Waals surface area contributed by atoms with Crippen molar-refractivity contribution >= 4 is 39.1 Å². The quantitative estimate of drug-likeness (QED) is 0.499. The molecule has 0 atom stereocenters. The number of hydrogen-bond donors (Lipinski definition) is 1. The Labute approximate surface area is 159 Å². The Bertz CT molecular complexity index is 1010. The van der Waals surface area contributed by atoms with Crippen LogP contribution in [0.2, 0.25) is 0 Å². The van der Waals surface area contributed by atoms with Gasteiger partial charge in [0.15, 0.2) is 0 Å². The molecule has 1 amide bonds. The number of ether oxygens (including phenoxy) is 1. The number of amides is 1. The van der Waals surface area contributed by atoms with Crippen molar-refractivity contribution in [2.75, 3.05) is 11.9 Å². The van der Waals surface area contributed by atoms with Gasteiger partial charge in [0, 0.05) is 5.69 Å². The molecule has 0 saturated carbocycles. The van der Waals surface area contributed by atoms with Crippen molar-refractivity contribution in [3.63, 3.8) is 0 Å². The molecule has 0 fully saturated rings. The molecule has 0 aliphatic heterocycles. The first-order valence-electron chi connectivity index (χ1n) is 8.58. The first kappa shape index (κ1) is 18.8. The zero-order valence-corrected chi connectivity index (χ0v) is 15.6. The number of hydrogen-bond acceptors (Lipinski definition) is 6. The van der Waals surface area contributed by atoms with Crippen molar-refractivity contribution in [1.82, 2.24) is 9.55 Å². The molecule has 0 unspecified atom stereocenters. The molecule has 3 aromatic rings. The van der Waals surface area contributed by atoms with E-state index in [1.54, 1.807) is 35.7 Å². The summed E-state index contributed by atoms with van der Waals surface area (Å²) >= 11 is 1.38. The van der Waals surface area contributed by atoms with Crippen LogP contribution in [-0.4, -0.2) is 28.0 Å². The lowest BCUT2D eigenvalue weighted by Gasteiger charge is -2.08. The predicted octanol–water partition coefficient (Wildman–Crippen LogP) is 3.05. The number of carbonyl (C=O) groups is 2. The zero-order valence-electron chi connectivity index (χ0n) is 14.8. The van der Waals surface area contributed by atoms with Crippen molar-refractivity contribution in [2.45, 2.75) is 26.3 Å². The van der Waals surface area contributed by atoms with Crippen LogP contribution in [0.15, 0.2) is 46.8 Å². The van der Waals surface area contributed by atoms with Gasteiger partial charge >= 0.3 is 5.97 Å². The number of aromatic nitrogens is 2. The Morgan fingerprint density at radius 1 is 1.22 bits per heavy atom. The summed E-state index contributed by atoms with van der Waals surface area (Å²) in [6.45, 7) is 2.28. The van der Waals surface area contributed by atoms with Crippen LogP contribution in [-0.2, 0) is 16.1 Å². The van der Waals surface area contributed by atoms with Crippen molar-refractivity contribution in [3.8, 4) is 0 Å². The molecule has 0 bridgehead atoms. The maximum Gasteiger partial charge on any atom is 0.338 e. The minimum atomic E-state index is -0.386. The van der Waals surface area contributed by atoms with Crippen molar-refractivity contribution < 1.29 is 14.3 Å². The SMILES string of the molecule is CCCCOC(=O)c1ccc(NC(=O)Cn2cnc3sccc3c2=O)cc1. The van der Waals surface area contributed by atoms with Gasteiger partial charge in [-0.05, 0) is 42.1 Å². The molecular formula is C19H19N3O4S. The molecule has 1 aromatic carbocycles. The summed E-state index contributed by atoms with van der Waals surface area (Å²) < 4.78 is 6.41. The molecule has 27 heavy (non-hydrogen) atoms. The number of anilines is 1. The summed E-state index contributed by atoms with van der Waals surface area (Å²) in [5, 5.41) is 4.99. The van der Waals surface area contributed by atoms with Crippen molar-refractivity contribution in [1.29, 1.82) is 0 Å². The molecule has 7 nitrogen and oxygen atoms in total. The van der Waals surface area contributed by atoms with E-state index in [0.29, 0.717) is 28.1 Å². The minimum absolute atomic E-state index is 0.140. The fraction of sp³-hybridized carbons (Fsp3) is 0.263. The van der Waals surface area contributed by atoms with Crippen LogP contribution in [0.5, 0.6) is 0 Å². The Kier molecular flexibility index (Phi) is 5.97. The Morgan fingerprint density at radius 3 is 2.74 bits per heavy atom. The molecule has 2 heterocycles. The fourth-order valence-electron chi connectivity index (χ4n) is 2.44. The molecule has 1 N–H and O–H groups in total. The van der Waals surface area contributed by atoms with E-state index >= 15 is 0 Å². The van der Waals surface area contributed by atoms with E-state index in [0.717, 1.165) is 12.8 Å². The van der Waals surface area contributed by atoms with E-state index in [-0.39, 0.29) is 24.0 Å². The highest BCUT2D eigenvalue weighted by atomic mass is 32.1. The smallest absolute Gasteiger partial charge is 0.338 e. The van der Waals surface area contributed by atoms with Crippen LogP contribution >= 0.6 is 11.3 Å². The number of nitrogens with zero attached hydrogens (tertiary/aromatic N) is 2. The van der Waals surface area contributed by atoms with Gasteiger partial charge in [0.2, 0.25) is 5.91 Å². The highest BCUT2D eigenvalue weighted by Crippen LogP contribution is 2.14. The number of rotatable bonds is 7. The molecule has 0 radical (unpaired) electrons. The maximum absolute atomic E-state index is 12.3. The summed E-state index contributed by atoms with van der Waals surface area (Å²) in [5.74, 6) is -0.741. The average Bonchev–Trinajstić information content (AvgIpc) is 3.14. The second kappa shape index (κ2) is 8.59. The van der Waals surface area contributed by atoms with E-state index in [2.05, 4.69) is 10.3 Å². The molecule has 0 saturated heterocycles. The average molecular weight is 385 g/mol. The third-order valence-corrected chi connectivity index (χ3v) is 4.72. The maximum atomic E-state index is 12.3. The molecule has 0 aliphatic carbocycles. The normalized spacial score (nSPS) is 10.7. The van der Waals surface area contributed by atoms with Gasteiger partial charge in [0.25, 0.3) is 5.56 Å². The number of benzene rings is 1. The van der Waals surface area contributed by atoms with Crippen LogP contribution in [0.25, 0.3) is 10.2 Å². The molecular weight excluding hydrogens is 366 g/mol. The van der Waals surface area contributed by atoms with Gasteiger partial charge in [-0.1, -0.05) is 13.3 Å². The third-order valence-electron chi connectivity index (χ3n) is 3.90. The van der Waals surface area contributed by atoms with Crippen molar-refractivity contribution in [3.05, 3.63) is 58.0 Å². The highest BCUT2D eigenvalue weighted by Gasteiger charge is 2.10. The van der Waals surface area contributed by atoms with Gasteiger partial charge in [-0.2, -0.15) is 0 Å². The van der Waals surface area contributed by atoms with Crippen LogP contribution < -0.4 is 10.9 Å². The minimum Gasteiger partial charge on any atom is -0.462 e. The number of thiophene rings is 1. The summed E-state index contributed by atoms with van der Waals surface area (Å²) in [5.41, 5.74) is 0.705. The van der Waals surface area contributed by atoms with E-state index in [1.165, 1.54) is 22.2 Å². The van der Waals surface area contributed by atoms with Gasteiger partial charge in [0.1, 0.15) is 11.4 Å². The van der Waals surface area contributed by atoms with Crippen LogP contribution in [0.4, 0.5) is 5.69 Å². The summed E-state index contributed by atoms with van der Waals surface area (Å²) in [4.78, 5) is 41.2. The van der Waals surface area contributed by atoms with Crippen LogP contribution in [0.1, 0.15) is 30.1 Å². The number of nitrogens with one attached hydrogen (secondary N) is 1. The fourth-order valence-corrected chi connectivity index (χ4v) is 3.17. The summed E-state index contributed by atoms with van der Waals surface area (Å²) in [7, 11) is 0. The standard InChI is InChI=1S/C19H19N3O4S/c1-2-3-9-26-19(25)13-4-6-14(7-5-13)21-16(23)11-22-12-20-17-15(18(22)24)8-10-27-17/h4-8,10,12H,2-3,9,11H2,1H3,(H,21,23). The number of fused-ring (bicyclic) bond motifs is 1. The second-order valence-corrected chi connectivity index (χ2v) is 6.83. The van der Waals surface area contributed by atoms with E-state index in [9.17, 15) is 14.4 Å². The lowest BCUT2D eigenvalue weighted by atomic mass is 10.2. The number of esters is 1. The molecule has 3 rings (SSSR count). The molecule has 0 spiro atoms. The summed E-state index contributed by atoms with van der Waals surface area (Å²) in [6, 6.07) is 8.13. The third kappa shape index (κ3) is 4.59. The largest absolute Gasteiger partial charge is 0.462 e. The van der Waals surface area contributed by atoms with E-state index in [4.69, 9.17) is 4.74 Å². The Balaban J connectivity index is 1.61. The lowest BCUT2D eigenvalue weighted by Crippen LogP contribution is -2.27.